The van der Waals surface area contributed by atoms with Crippen molar-refractivity contribution in [2.45, 2.75) is 37.9 Å². The zero-order valence-corrected chi connectivity index (χ0v) is 19.2. The monoisotopic (exact) mass is 456 g/mol. The Balaban J connectivity index is 1.52. The summed E-state index contributed by atoms with van der Waals surface area (Å²) < 4.78 is 7.50. The number of fused-ring (bicyclic) bond motifs is 1. The number of aliphatic hydroxyl groups excluding tert-OH is 2. The minimum atomic E-state index is -0.959. The van der Waals surface area contributed by atoms with Gasteiger partial charge in [-0.25, -0.2) is 4.98 Å². The number of ether oxygens (including phenoxy) is 1. The van der Waals surface area contributed by atoms with Gasteiger partial charge in [-0.05, 0) is 36.3 Å². The lowest BCUT2D eigenvalue weighted by Crippen LogP contribution is -2.51. The van der Waals surface area contributed by atoms with Crippen LogP contribution in [0.5, 0.6) is 5.75 Å². The van der Waals surface area contributed by atoms with Gasteiger partial charge >= 0.3 is 0 Å². The van der Waals surface area contributed by atoms with Crippen molar-refractivity contribution in [1.82, 2.24) is 19.4 Å². The predicted molar refractivity (Wildman–Crippen MR) is 121 cm³/mol. The van der Waals surface area contributed by atoms with Crippen molar-refractivity contribution in [3.8, 4) is 5.75 Å². The summed E-state index contributed by atoms with van der Waals surface area (Å²) >= 11 is 0. The summed E-state index contributed by atoms with van der Waals surface area (Å²) in [5.74, 6) is 0.280. The van der Waals surface area contributed by atoms with Gasteiger partial charge in [-0.1, -0.05) is 18.2 Å². The Morgan fingerprint density at radius 3 is 2.58 bits per heavy atom. The molecule has 0 unspecified atom stereocenters. The first-order valence-electron chi connectivity index (χ1n) is 11.3. The highest BCUT2D eigenvalue weighted by molar-refractivity contribution is 5.92. The summed E-state index contributed by atoms with van der Waals surface area (Å²) in [5, 5.41) is 21.7. The van der Waals surface area contributed by atoms with E-state index in [0.717, 1.165) is 5.56 Å². The number of para-hydroxylation sites is 1. The maximum absolute atomic E-state index is 12.8. The van der Waals surface area contributed by atoms with Crippen molar-refractivity contribution < 1.29 is 24.5 Å². The van der Waals surface area contributed by atoms with Crippen LogP contribution in [-0.4, -0.2) is 86.9 Å². The van der Waals surface area contributed by atoms with Crippen LogP contribution in [0.1, 0.15) is 35.3 Å². The van der Waals surface area contributed by atoms with E-state index in [1.165, 1.54) is 0 Å². The van der Waals surface area contributed by atoms with E-state index in [2.05, 4.69) is 4.98 Å². The van der Waals surface area contributed by atoms with Crippen molar-refractivity contribution in [2.24, 2.45) is 12.5 Å². The number of imidazole rings is 1. The van der Waals surface area contributed by atoms with E-state index in [0.29, 0.717) is 50.3 Å². The van der Waals surface area contributed by atoms with Crippen LogP contribution in [-0.2, 0) is 18.3 Å². The van der Waals surface area contributed by atoms with Gasteiger partial charge in [-0.3, -0.25) is 9.59 Å². The molecule has 2 amide bonds. The molecule has 2 N–H and O–H groups in total. The second kappa shape index (κ2) is 9.52. The molecule has 2 aromatic rings. The van der Waals surface area contributed by atoms with Crippen LogP contribution in [0.2, 0.25) is 0 Å². The SMILES string of the molecule is CN1CC2(CCN(C(=O)c3cn(C)cn3)CC2)C[C@@H](O)[C@@H](O)Cc2ccccc2OCC1=O. The first-order chi connectivity index (χ1) is 15.8. The molecule has 3 heterocycles. The van der Waals surface area contributed by atoms with Crippen LogP contribution >= 0.6 is 0 Å². The van der Waals surface area contributed by atoms with Gasteiger partial charge < -0.3 is 29.3 Å². The van der Waals surface area contributed by atoms with Crippen molar-refractivity contribution in [3.05, 3.63) is 48.0 Å². The number of amides is 2. The Hall–Kier alpha value is -2.91. The lowest BCUT2D eigenvalue weighted by atomic mass is 9.72. The number of aryl methyl sites for hydroxylation is 1. The number of carbonyl (C=O) groups is 2. The number of benzene rings is 1. The molecule has 0 radical (unpaired) electrons. The number of likely N-dealkylation sites (N-methyl/N-ethyl adjacent to an activating group) is 1. The Kier molecular flexibility index (Phi) is 6.71. The minimum Gasteiger partial charge on any atom is -0.483 e. The van der Waals surface area contributed by atoms with E-state index in [-0.39, 0.29) is 24.8 Å². The number of hydrogen-bond acceptors (Lipinski definition) is 6. The largest absolute Gasteiger partial charge is 0.483 e. The molecular weight excluding hydrogens is 424 g/mol. The molecule has 1 fully saturated rings. The second-order valence-electron chi connectivity index (χ2n) is 9.41. The Morgan fingerprint density at radius 2 is 1.88 bits per heavy atom. The van der Waals surface area contributed by atoms with Gasteiger partial charge in [0.2, 0.25) is 0 Å². The fourth-order valence-corrected chi connectivity index (χ4v) is 4.89. The van der Waals surface area contributed by atoms with Crippen molar-refractivity contribution in [3.63, 3.8) is 0 Å². The summed E-state index contributed by atoms with van der Waals surface area (Å²) in [6, 6.07) is 7.26. The number of hydrogen-bond donors (Lipinski definition) is 2. The summed E-state index contributed by atoms with van der Waals surface area (Å²) in [6.07, 6.45) is 3.20. The summed E-state index contributed by atoms with van der Waals surface area (Å²) in [4.78, 5) is 33.2. The second-order valence-corrected chi connectivity index (χ2v) is 9.41. The van der Waals surface area contributed by atoms with E-state index in [9.17, 15) is 19.8 Å². The van der Waals surface area contributed by atoms with Gasteiger partial charge in [-0.15, -0.1) is 0 Å². The smallest absolute Gasteiger partial charge is 0.274 e. The summed E-state index contributed by atoms with van der Waals surface area (Å²) in [6.45, 7) is 1.33. The standard InChI is InChI=1S/C24H32N4O5/c1-26-13-18(25-16-26)23(32)28-9-7-24(8-10-28)12-20(30)19(29)11-17-5-3-4-6-21(17)33-14-22(31)27(2)15-24/h3-6,13,16,19-20,29-30H,7-12,14-15H2,1-2H3/t19-,20+/m0/s1. The van der Waals surface area contributed by atoms with Gasteiger partial charge in [0.25, 0.3) is 11.8 Å². The molecular formula is C24H32N4O5. The molecule has 33 heavy (non-hydrogen) atoms. The number of carbonyl (C=O) groups excluding carboxylic acids is 2. The maximum Gasteiger partial charge on any atom is 0.274 e. The topological polar surface area (TPSA) is 108 Å². The van der Waals surface area contributed by atoms with Gasteiger partial charge in [0.15, 0.2) is 6.61 Å². The van der Waals surface area contributed by atoms with E-state index < -0.39 is 17.6 Å². The zero-order valence-electron chi connectivity index (χ0n) is 19.2. The van der Waals surface area contributed by atoms with Gasteiger partial charge in [0, 0.05) is 46.3 Å². The van der Waals surface area contributed by atoms with Crippen LogP contribution in [0, 0.1) is 5.41 Å². The molecule has 4 rings (SSSR count). The molecule has 1 aromatic heterocycles. The van der Waals surface area contributed by atoms with E-state index in [1.807, 2.05) is 25.2 Å². The molecule has 2 aliphatic heterocycles. The lowest BCUT2D eigenvalue weighted by Gasteiger charge is -2.45. The Labute approximate surface area is 193 Å². The Morgan fingerprint density at radius 1 is 1.15 bits per heavy atom. The molecule has 9 heteroatoms. The average Bonchev–Trinajstić information content (AvgIpc) is 3.23. The van der Waals surface area contributed by atoms with Crippen LogP contribution < -0.4 is 4.74 Å². The first kappa shape index (κ1) is 23.3. The number of aliphatic hydroxyl groups is 2. The van der Waals surface area contributed by atoms with Crippen molar-refractivity contribution in [2.75, 3.05) is 33.3 Å². The van der Waals surface area contributed by atoms with Crippen LogP contribution in [0.15, 0.2) is 36.8 Å². The highest BCUT2D eigenvalue weighted by Gasteiger charge is 2.41. The molecule has 0 saturated carbocycles. The molecule has 178 valence electrons. The number of rotatable bonds is 1. The van der Waals surface area contributed by atoms with Crippen molar-refractivity contribution in [1.29, 1.82) is 0 Å². The number of likely N-dealkylation sites (tertiary alicyclic amines) is 1. The van der Waals surface area contributed by atoms with Crippen LogP contribution in [0.25, 0.3) is 0 Å². The number of nitrogens with zero attached hydrogens (tertiary/aromatic N) is 4. The molecule has 9 nitrogen and oxygen atoms in total. The van der Waals surface area contributed by atoms with Crippen LogP contribution in [0.4, 0.5) is 0 Å². The third-order valence-corrected chi connectivity index (χ3v) is 6.87. The maximum atomic E-state index is 12.8. The highest BCUT2D eigenvalue weighted by atomic mass is 16.5. The summed E-state index contributed by atoms with van der Waals surface area (Å²) in [5.41, 5.74) is 0.750. The summed E-state index contributed by atoms with van der Waals surface area (Å²) in [7, 11) is 3.56. The molecule has 1 spiro atoms. The van der Waals surface area contributed by atoms with Crippen molar-refractivity contribution >= 4 is 11.8 Å². The quantitative estimate of drug-likeness (QED) is 0.659. The average molecular weight is 457 g/mol. The molecule has 1 aromatic carbocycles. The van der Waals surface area contributed by atoms with Crippen LogP contribution in [0.3, 0.4) is 0 Å². The van der Waals surface area contributed by atoms with E-state index in [1.54, 1.807) is 40.0 Å². The van der Waals surface area contributed by atoms with Gasteiger partial charge in [0.1, 0.15) is 11.4 Å². The Bertz CT molecular complexity index is 998. The normalized spacial score (nSPS) is 23.9. The van der Waals surface area contributed by atoms with E-state index >= 15 is 0 Å². The predicted octanol–water partition coefficient (Wildman–Crippen LogP) is 0.848. The van der Waals surface area contributed by atoms with Gasteiger partial charge in [0.05, 0.1) is 18.5 Å². The zero-order chi connectivity index (χ0) is 23.6. The lowest BCUT2D eigenvalue weighted by molar-refractivity contribution is -0.135. The molecule has 0 bridgehead atoms. The number of piperidine rings is 1. The first-order valence-corrected chi connectivity index (χ1v) is 11.3. The molecule has 2 atom stereocenters. The highest BCUT2D eigenvalue weighted by Crippen LogP contribution is 2.38. The molecule has 0 aliphatic carbocycles. The third-order valence-electron chi connectivity index (χ3n) is 6.87. The fraction of sp³-hybridized carbons (Fsp3) is 0.542. The van der Waals surface area contributed by atoms with Gasteiger partial charge in [-0.2, -0.15) is 0 Å². The number of aromatic nitrogens is 2. The molecule has 2 aliphatic rings. The van der Waals surface area contributed by atoms with E-state index in [4.69, 9.17) is 4.74 Å². The third kappa shape index (κ3) is 5.20. The molecule has 1 saturated heterocycles. The fourth-order valence-electron chi connectivity index (χ4n) is 4.89. The minimum absolute atomic E-state index is 0.0907.